The SMILES string of the molecule is CN(C)c1cnn(Cc2noc(C3CCCC3)n2)c(=O)c1. The molecule has 0 aromatic carbocycles. The van der Waals surface area contributed by atoms with Gasteiger partial charge in [-0.2, -0.15) is 10.1 Å². The van der Waals surface area contributed by atoms with Crippen LogP contribution in [0.4, 0.5) is 5.69 Å². The first-order valence-corrected chi connectivity index (χ1v) is 7.20. The van der Waals surface area contributed by atoms with Crippen molar-refractivity contribution < 1.29 is 4.52 Å². The van der Waals surface area contributed by atoms with Crippen molar-refractivity contribution in [1.82, 2.24) is 19.9 Å². The molecular formula is C14H19N5O2. The van der Waals surface area contributed by atoms with Crippen LogP contribution in [-0.4, -0.2) is 34.0 Å². The molecule has 1 saturated carbocycles. The average Bonchev–Trinajstić information content (AvgIpc) is 3.11. The lowest BCUT2D eigenvalue weighted by Crippen LogP contribution is -2.25. The Morgan fingerprint density at radius 1 is 1.38 bits per heavy atom. The summed E-state index contributed by atoms with van der Waals surface area (Å²) in [5, 5.41) is 8.10. The van der Waals surface area contributed by atoms with Crippen LogP contribution in [-0.2, 0) is 6.54 Å². The largest absolute Gasteiger partial charge is 0.376 e. The molecule has 0 aliphatic heterocycles. The zero-order valence-corrected chi connectivity index (χ0v) is 12.3. The van der Waals surface area contributed by atoms with Crippen LogP contribution in [0, 0.1) is 0 Å². The molecule has 2 aromatic heterocycles. The Morgan fingerprint density at radius 2 is 2.14 bits per heavy atom. The minimum Gasteiger partial charge on any atom is -0.376 e. The molecule has 3 rings (SSSR count). The molecule has 2 heterocycles. The van der Waals surface area contributed by atoms with E-state index < -0.39 is 0 Å². The van der Waals surface area contributed by atoms with Crippen molar-refractivity contribution in [3.05, 3.63) is 34.3 Å². The molecule has 2 aromatic rings. The predicted octanol–water partition coefficient (Wildman–Crippen LogP) is 1.40. The second-order valence-corrected chi connectivity index (χ2v) is 5.63. The minimum absolute atomic E-state index is 0.173. The zero-order valence-electron chi connectivity index (χ0n) is 12.3. The maximum absolute atomic E-state index is 12.0. The third-order valence-corrected chi connectivity index (χ3v) is 3.85. The summed E-state index contributed by atoms with van der Waals surface area (Å²) in [5.41, 5.74) is 0.601. The lowest BCUT2D eigenvalue weighted by Gasteiger charge is -2.11. The topological polar surface area (TPSA) is 77.1 Å². The van der Waals surface area contributed by atoms with Crippen molar-refractivity contribution in [3.8, 4) is 0 Å². The van der Waals surface area contributed by atoms with Crippen LogP contribution in [0.5, 0.6) is 0 Å². The standard InChI is InChI=1S/C14H19N5O2/c1-18(2)11-7-13(20)19(15-8-11)9-12-16-14(21-17-12)10-5-3-4-6-10/h7-8,10H,3-6,9H2,1-2H3. The maximum atomic E-state index is 12.0. The molecule has 21 heavy (non-hydrogen) atoms. The highest BCUT2D eigenvalue weighted by atomic mass is 16.5. The first kappa shape index (κ1) is 13.8. The Kier molecular flexibility index (Phi) is 3.72. The lowest BCUT2D eigenvalue weighted by molar-refractivity contribution is 0.348. The van der Waals surface area contributed by atoms with Gasteiger partial charge in [-0.3, -0.25) is 4.79 Å². The number of nitrogens with zero attached hydrogens (tertiary/aromatic N) is 5. The highest BCUT2D eigenvalue weighted by molar-refractivity contribution is 5.40. The first-order chi connectivity index (χ1) is 10.1. The molecule has 7 heteroatoms. The molecule has 7 nitrogen and oxygen atoms in total. The van der Waals surface area contributed by atoms with Crippen molar-refractivity contribution in [2.45, 2.75) is 38.1 Å². The normalized spacial score (nSPS) is 15.5. The second kappa shape index (κ2) is 5.67. The third kappa shape index (κ3) is 2.96. The average molecular weight is 289 g/mol. The summed E-state index contributed by atoms with van der Waals surface area (Å²) in [5.74, 6) is 1.58. The van der Waals surface area contributed by atoms with Gasteiger partial charge in [0.05, 0.1) is 11.9 Å². The highest BCUT2D eigenvalue weighted by Gasteiger charge is 2.23. The molecule has 1 fully saturated rings. The number of hydrogen-bond donors (Lipinski definition) is 0. The fourth-order valence-corrected chi connectivity index (χ4v) is 2.59. The van der Waals surface area contributed by atoms with E-state index in [0.29, 0.717) is 17.6 Å². The number of rotatable bonds is 4. The minimum atomic E-state index is -0.173. The van der Waals surface area contributed by atoms with E-state index in [4.69, 9.17) is 4.52 Å². The third-order valence-electron chi connectivity index (χ3n) is 3.85. The van der Waals surface area contributed by atoms with E-state index in [1.165, 1.54) is 17.5 Å². The molecule has 0 amide bonds. The zero-order chi connectivity index (χ0) is 14.8. The van der Waals surface area contributed by atoms with Crippen molar-refractivity contribution in [1.29, 1.82) is 0 Å². The van der Waals surface area contributed by atoms with E-state index in [1.54, 1.807) is 12.3 Å². The van der Waals surface area contributed by atoms with Crippen molar-refractivity contribution >= 4 is 5.69 Å². The van der Waals surface area contributed by atoms with E-state index in [-0.39, 0.29) is 12.1 Å². The van der Waals surface area contributed by atoms with Crippen LogP contribution in [0.15, 0.2) is 21.6 Å². The van der Waals surface area contributed by atoms with E-state index in [0.717, 1.165) is 18.5 Å². The number of anilines is 1. The Hall–Kier alpha value is -2.18. The summed E-state index contributed by atoms with van der Waals surface area (Å²) in [6.07, 6.45) is 6.30. The quantitative estimate of drug-likeness (QED) is 0.846. The number of aromatic nitrogens is 4. The molecule has 0 radical (unpaired) electrons. The lowest BCUT2D eigenvalue weighted by atomic mass is 10.1. The van der Waals surface area contributed by atoms with Gasteiger partial charge in [-0.05, 0) is 12.8 Å². The van der Waals surface area contributed by atoms with Gasteiger partial charge in [0.2, 0.25) is 5.89 Å². The van der Waals surface area contributed by atoms with E-state index >= 15 is 0 Å². The molecule has 1 aliphatic rings. The van der Waals surface area contributed by atoms with Crippen molar-refractivity contribution in [2.24, 2.45) is 0 Å². The predicted molar refractivity (Wildman–Crippen MR) is 77.4 cm³/mol. The van der Waals surface area contributed by atoms with Crippen LogP contribution in [0.2, 0.25) is 0 Å². The van der Waals surface area contributed by atoms with Gasteiger partial charge in [-0.1, -0.05) is 18.0 Å². The highest BCUT2D eigenvalue weighted by Crippen LogP contribution is 2.32. The first-order valence-electron chi connectivity index (χ1n) is 7.20. The molecule has 0 spiro atoms. The van der Waals surface area contributed by atoms with E-state index in [1.807, 2.05) is 19.0 Å². The summed E-state index contributed by atoms with van der Waals surface area (Å²) in [6, 6.07) is 1.55. The van der Waals surface area contributed by atoms with Gasteiger partial charge in [0.1, 0.15) is 6.54 Å². The number of hydrogen-bond acceptors (Lipinski definition) is 6. The van der Waals surface area contributed by atoms with Crippen LogP contribution in [0.1, 0.15) is 43.3 Å². The van der Waals surface area contributed by atoms with Crippen LogP contribution < -0.4 is 10.5 Å². The van der Waals surface area contributed by atoms with Crippen LogP contribution in [0.25, 0.3) is 0 Å². The summed E-state index contributed by atoms with van der Waals surface area (Å²) < 4.78 is 6.65. The Bertz CT molecular complexity index is 670. The van der Waals surface area contributed by atoms with E-state index in [9.17, 15) is 4.79 Å². The fourth-order valence-electron chi connectivity index (χ4n) is 2.59. The molecule has 112 valence electrons. The Labute approximate surface area is 122 Å². The van der Waals surface area contributed by atoms with Gasteiger partial charge in [0.25, 0.3) is 5.56 Å². The monoisotopic (exact) mass is 289 g/mol. The van der Waals surface area contributed by atoms with Gasteiger partial charge >= 0.3 is 0 Å². The molecule has 0 atom stereocenters. The summed E-state index contributed by atoms with van der Waals surface area (Å²) >= 11 is 0. The summed E-state index contributed by atoms with van der Waals surface area (Å²) in [7, 11) is 3.74. The maximum Gasteiger partial charge on any atom is 0.269 e. The molecule has 0 unspecified atom stereocenters. The second-order valence-electron chi connectivity index (χ2n) is 5.63. The van der Waals surface area contributed by atoms with Gasteiger partial charge in [-0.25, -0.2) is 4.68 Å². The molecule has 1 aliphatic carbocycles. The molecule has 0 bridgehead atoms. The smallest absolute Gasteiger partial charge is 0.269 e. The van der Waals surface area contributed by atoms with Gasteiger partial charge in [0.15, 0.2) is 5.82 Å². The van der Waals surface area contributed by atoms with Crippen LogP contribution in [0.3, 0.4) is 0 Å². The van der Waals surface area contributed by atoms with Crippen molar-refractivity contribution in [2.75, 3.05) is 19.0 Å². The Balaban J connectivity index is 1.76. The Morgan fingerprint density at radius 3 is 2.81 bits per heavy atom. The van der Waals surface area contributed by atoms with Gasteiger partial charge in [0, 0.05) is 26.1 Å². The van der Waals surface area contributed by atoms with Gasteiger partial charge < -0.3 is 9.42 Å². The summed E-state index contributed by atoms with van der Waals surface area (Å²) in [4.78, 5) is 18.2. The fraction of sp³-hybridized carbons (Fsp3) is 0.571. The molecular weight excluding hydrogens is 270 g/mol. The van der Waals surface area contributed by atoms with Crippen LogP contribution >= 0.6 is 0 Å². The molecule has 0 saturated heterocycles. The van der Waals surface area contributed by atoms with Crippen molar-refractivity contribution in [3.63, 3.8) is 0 Å². The molecule has 0 N–H and O–H groups in total. The summed E-state index contributed by atoms with van der Waals surface area (Å²) in [6.45, 7) is 0.239. The van der Waals surface area contributed by atoms with E-state index in [2.05, 4.69) is 15.2 Å². The van der Waals surface area contributed by atoms with Gasteiger partial charge in [-0.15, -0.1) is 0 Å².